The number of nitrogens with zero attached hydrogens (tertiary/aromatic N) is 4. The summed E-state index contributed by atoms with van der Waals surface area (Å²) < 4.78 is 21.5. The fraction of sp³-hybridized carbons (Fsp3) is 0.409. The first-order valence-electron chi connectivity index (χ1n) is 10.4. The highest BCUT2D eigenvalue weighted by Gasteiger charge is 2.13. The van der Waals surface area contributed by atoms with E-state index in [1.807, 2.05) is 19.1 Å². The number of aromatic nitrogens is 3. The molecule has 0 aliphatic rings. The summed E-state index contributed by atoms with van der Waals surface area (Å²) in [5.74, 6) is 1.51. The van der Waals surface area contributed by atoms with Crippen LogP contribution >= 0.6 is 24.0 Å². The lowest BCUT2D eigenvalue weighted by Crippen LogP contribution is -2.36. The highest BCUT2D eigenvalue weighted by Crippen LogP contribution is 2.22. The second kappa shape index (κ2) is 12.4. The Kier molecular flexibility index (Phi) is 9.96. The van der Waals surface area contributed by atoms with E-state index in [0.29, 0.717) is 30.7 Å². The van der Waals surface area contributed by atoms with Gasteiger partial charge in [0, 0.05) is 30.9 Å². The number of guanidine groups is 1. The molecule has 2 aromatic heterocycles. The van der Waals surface area contributed by atoms with Crippen molar-refractivity contribution in [3.05, 3.63) is 65.8 Å². The van der Waals surface area contributed by atoms with Crippen LogP contribution in [0.5, 0.6) is 0 Å². The number of benzene rings is 1. The van der Waals surface area contributed by atoms with Gasteiger partial charge < -0.3 is 19.7 Å². The summed E-state index contributed by atoms with van der Waals surface area (Å²) in [7, 11) is 0. The Hall–Kier alpha value is -2.43. The van der Waals surface area contributed by atoms with E-state index in [2.05, 4.69) is 39.6 Å². The molecule has 168 valence electrons. The summed E-state index contributed by atoms with van der Waals surface area (Å²) in [4.78, 5) is 8.51. The zero-order valence-corrected chi connectivity index (χ0v) is 20.5. The molecule has 0 fully saturated rings. The molecule has 31 heavy (non-hydrogen) atoms. The third-order valence-electron chi connectivity index (χ3n) is 4.97. The van der Waals surface area contributed by atoms with Crippen molar-refractivity contribution in [2.75, 3.05) is 6.54 Å². The van der Waals surface area contributed by atoms with Gasteiger partial charge in [-0.15, -0.1) is 24.0 Å². The zero-order valence-electron chi connectivity index (χ0n) is 18.1. The van der Waals surface area contributed by atoms with E-state index in [1.54, 1.807) is 29.4 Å². The molecule has 0 bridgehead atoms. The Morgan fingerprint density at radius 3 is 2.65 bits per heavy atom. The number of imidazole rings is 1. The van der Waals surface area contributed by atoms with Crippen LogP contribution in [-0.4, -0.2) is 27.2 Å². The highest BCUT2D eigenvalue weighted by atomic mass is 127. The lowest BCUT2D eigenvalue weighted by molar-refractivity contribution is 0.368. The lowest BCUT2D eigenvalue weighted by atomic mass is 9.99. The van der Waals surface area contributed by atoms with E-state index < -0.39 is 0 Å². The monoisotopic (exact) mass is 540 g/mol. The molecule has 0 amide bonds. The molecule has 0 atom stereocenters. The Morgan fingerprint density at radius 1 is 1.19 bits per heavy atom. The van der Waals surface area contributed by atoms with Gasteiger partial charge in [0.2, 0.25) is 0 Å². The molecule has 0 aliphatic heterocycles. The molecule has 0 spiro atoms. The fourth-order valence-electron chi connectivity index (χ4n) is 3.25. The van der Waals surface area contributed by atoms with Gasteiger partial charge in [0.15, 0.2) is 11.7 Å². The van der Waals surface area contributed by atoms with Crippen molar-refractivity contribution in [3.8, 4) is 5.69 Å². The Morgan fingerprint density at radius 2 is 2.00 bits per heavy atom. The summed E-state index contributed by atoms with van der Waals surface area (Å²) in [6.07, 6.45) is 6.98. The normalized spacial score (nSPS) is 11.5. The van der Waals surface area contributed by atoms with Gasteiger partial charge in [-0.25, -0.2) is 14.4 Å². The van der Waals surface area contributed by atoms with Gasteiger partial charge in [0.1, 0.15) is 5.82 Å². The van der Waals surface area contributed by atoms with Crippen LogP contribution in [0.2, 0.25) is 0 Å². The minimum absolute atomic E-state index is 0. The molecule has 3 aromatic rings. The maximum Gasteiger partial charge on any atom is 0.191 e. The van der Waals surface area contributed by atoms with E-state index in [-0.39, 0.29) is 29.8 Å². The topological polar surface area (TPSA) is 80.3 Å². The first-order chi connectivity index (χ1) is 14.6. The fourth-order valence-corrected chi connectivity index (χ4v) is 3.25. The SMILES string of the molecule is CCNC(=NCc1ccc(-n2ccnc2)c(F)c1)NCc1cc(C(CC)CC)no1.I. The molecule has 3 rings (SSSR count). The summed E-state index contributed by atoms with van der Waals surface area (Å²) >= 11 is 0. The van der Waals surface area contributed by atoms with Gasteiger partial charge >= 0.3 is 0 Å². The average molecular weight is 540 g/mol. The molecule has 7 nitrogen and oxygen atoms in total. The molecule has 0 radical (unpaired) electrons. The predicted molar refractivity (Wildman–Crippen MR) is 130 cm³/mol. The molecule has 0 saturated carbocycles. The zero-order chi connectivity index (χ0) is 21.3. The summed E-state index contributed by atoms with van der Waals surface area (Å²) in [6.45, 7) is 7.85. The van der Waals surface area contributed by atoms with E-state index in [9.17, 15) is 4.39 Å². The van der Waals surface area contributed by atoms with Crippen LogP contribution < -0.4 is 10.6 Å². The lowest BCUT2D eigenvalue weighted by Gasteiger charge is -2.10. The molecule has 0 aliphatic carbocycles. The van der Waals surface area contributed by atoms with E-state index in [0.717, 1.165) is 36.4 Å². The molecule has 9 heteroatoms. The Balaban J connectivity index is 0.00000341. The number of hydrogen-bond acceptors (Lipinski definition) is 4. The van der Waals surface area contributed by atoms with Gasteiger partial charge in [-0.1, -0.05) is 25.1 Å². The van der Waals surface area contributed by atoms with E-state index >= 15 is 0 Å². The van der Waals surface area contributed by atoms with E-state index in [1.165, 1.54) is 6.07 Å². The van der Waals surface area contributed by atoms with Gasteiger partial charge in [-0.3, -0.25) is 0 Å². The van der Waals surface area contributed by atoms with Crippen molar-refractivity contribution >= 4 is 29.9 Å². The van der Waals surface area contributed by atoms with Crippen LogP contribution in [0.3, 0.4) is 0 Å². The maximum absolute atomic E-state index is 14.4. The number of aliphatic imine (C=N–C) groups is 1. The van der Waals surface area contributed by atoms with Gasteiger partial charge in [-0.2, -0.15) is 0 Å². The Labute approximate surface area is 199 Å². The third kappa shape index (κ3) is 6.78. The molecule has 1 aromatic carbocycles. The van der Waals surface area contributed by atoms with Crippen LogP contribution in [0.25, 0.3) is 5.69 Å². The first kappa shape index (κ1) is 24.8. The smallest absolute Gasteiger partial charge is 0.191 e. The summed E-state index contributed by atoms with van der Waals surface area (Å²) in [5, 5.41) is 10.6. The number of halogens is 2. The second-order valence-electron chi connectivity index (χ2n) is 7.04. The first-order valence-corrected chi connectivity index (χ1v) is 10.4. The largest absolute Gasteiger partial charge is 0.359 e. The van der Waals surface area contributed by atoms with Crippen LogP contribution in [0, 0.1) is 5.82 Å². The third-order valence-corrected chi connectivity index (χ3v) is 4.97. The number of nitrogens with one attached hydrogen (secondary N) is 2. The maximum atomic E-state index is 14.4. The van der Waals surface area contributed by atoms with Crippen molar-refractivity contribution in [1.82, 2.24) is 25.3 Å². The van der Waals surface area contributed by atoms with E-state index in [4.69, 9.17) is 4.52 Å². The van der Waals surface area contributed by atoms with Gasteiger partial charge in [-0.05, 0) is 37.5 Å². The summed E-state index contributed by atoms with van der Waals surface area (Å²) in [6, 6.07) is 7.10. The van der Waals surface area contributed by atoms with Crippen molar-refractivity contribution in [3.63, 3.8) is 0 Å². The number of rotatable bonds is 9. The van der Waals surface area contributed by atoms with Crippen molar-refractivity contribution in [2.45, 2.75) is 52.6 Å². The van der Waals surface area contributed by atoms with Crippen molar-refractivity contribution in [2.24, 2.45) is 4.99 Å². The summed E-state index contributed by atoms with van der Waals surface area (Å²) in [5.41, 5.74) is 2.24. The Bertz CT molecular complexity index is 953. The van der Waals surface area contributed by atoms with Crippen molar-refractivity contribution < 1.29 is 8.91 Å². The van der Waals surface area contributed by atoms with Crippen LogP contribution in [0.4, 0.5) is 4.39 Å². The molecule has 2 N–H and O–H groups in total. The minimum Gasteiger partial charge on any atom is -0.359 e. The van der Waals surface area contributed by atoms with Gasteiger partial charge in [0.25, 0.3) is 0 Å². The molecular formula is C22H30FIN6O. The molecule has 0 saturated heterocycles. The van der Waals surface area contributed by atoms with Crippen LogP contribution in [0.15, 0.2) is 52.5 Å². The standard InChI is InChI=1S/C22H29FN6O.HI/c1-4-17(5-2)20-12-18(30-28-20)14-27-22(25-6-3)26-13-16-7-8-21(19(23)11-16)29-10-9-24-15-29;/h7-12,15,17H,4-6,13-14H2,1-3H3,(H2,25,26,27);1H. The molecule has 0 unspecified atom stereocenters. The van der Waals surface area contributed by atoms with Crippen LogP contribution in [0.1, 0.15) is 56.5 Å². The minimum atomic E-state index is -0.311. The second-order valence-corrected chi connectivity index (χ2v) is 7.04. The predicted octanol–water partition coefficient (Wildman–Crippen LogP) is 4.78. The quantitative estimate of drug-likeness (QED) is 0.232. The average Bonchev–Trinajstić information content (AvgIpc) is 3.44. The molecular weight excluding hydrogens is 510 g/mol. The van der Waals surface area contributed by atoms with Gasteiger partial charge in [0.05, 0.1) is 30.8 Å². The number of hydrogen-bond donors (Lipinski definition) is 2. The van der Waals surface area contributed by atoms with Crippen molar-refractivity contribution in [1.29, 1.82) is 0 Å². The highest BCUT2D eigenvalue weighted by molar-refractivity contribution is 14.0. The molecule has 2 heterocycles. The van der Waals surface area contributed by atoms with Crippen LogP contribution in [-0.2, 0) is 13.1 Å².